The van der Waals surface area contributed by atoms with Gasteiger partial charge in [0, 0.05) is 5.56 Å². The van der Waals surface area contributed by atoms with E-state index in [1.165, 1.54) is 0 Å². The Kier molecular flexibility index (Phi) is 6.16. The Morgan fingerprint density at radius 1 is 1.07 bits per heavy atom. The molecule has 3 aromatic rings. The summed E-state index contributed by atoms with van der Waals surface area (Å²) in [5, 5.41) is 12.4. The number of benzene rings is 3. The second-order valence-electron chi connectivity index (χ2n) is 6.61. The third-order valence-corrected chi connectivity index (χ3v) is 4.60. The lowest BCUT2D eigenvalue weighted by Gasteiger charge is -2.12. The van der Waals surface area contributed by atoms with Crippen LogP contribution in [0.5, 0.6) is 11.5 Å². The number of hydrogen-bond donors (Lipinski definition) is 1. The highest BCUT2D eigenvalue weighted by Gasteiger charge is 2.35. The fraction of sp³-hybridized carbons (Fsp3) is 0.136. The molecule has 1 saturated heterocycles. The summed E-state index contributed by atoms with van der Waals surface area (Å²) < 4.78 is 23.0. The van der Waals surface area contributed by atoms with Crippen molar-refractivity contribution in [2.24, 2.45) is 5.11 Å². The van der Waals surface area contributed by atoms with E-state index in [4.69, 9.17) is 29.5 Å². The van der Waals surface area contributed by atoms with Crippen molar-refractivity contribution in [2.75, 3.05) is 6.61 Å². The molecule has 0 amide bonds. The Morgan fingerprint density at radius 2 is 1.83 bits per heavy atom. The second-order valence-corrected chi connectivity index (χ2v) is 6.61. The number of nitrogens with zero attached hydrogens (tertiary/aromatic N) is 2. The minimum absolute atomic E-state index is 0.147. The summed E-state index contributed by atoms with van der Waals surface area (Å²) in [6.07, 6.45) is -0.178. The highest BCUT2D eigenvalue weighted by Crippen LogP contribution is 2.30. The molecule has 0 spiro atoms. The molecule has 3 aromatic carbocycles. The third kappa shape index (κ3) is 4.72. The lowest BCUT2D eigenvalue weighted by Crippen LogP contribution is -2.19. The summed E-state index contributed by atoms with van der Waals surface area (Å²) in [6, 6.07) is 23.9. The quantitative estimate of drug-likeness (QED) is 0.429. The largest absolute Gasteiger partial charge is 0.640 e. The molecule has 1 fully saturated rings. The average molecular weight is 399 g/mol. The second kappa shape index (κ2) is 9.33. The van der Waals surface area contributed by atoms with E-state index < -0.39 is 7.32 Å². The predicted molar refractivity (Wildman–Crippen MR) is 109 cm³/mol. The van der Waals surface area contributed by atoms with Crippen LogP contribution >= 0.6 is 0 Å². The van der Waals surface area contributed by atoms with Gasteiger partial charge in [0.25, 0.3) is 0 Å². The number of nitriles is 1. The first-order valence-electron chi connectivity index (χ1n) is 9.37. The van der Waals surface area contributed by atoms with E-state index in [0.717, 1.165) is 5.56 Å². The van der Waals surface area contributed by atoms with Crippen LogP contribution in [-0.4, -0.2) is 13.9 Å². The van der Waals surface area contributed by atoms with E-state index in [-0.39, 0.29) is 12.7 Å². The summed E-state index contributed by atoms with van der Waals surface area (Å²) in [5.74, 6) is 1.17. The fourth-order valence-corrected chi connectivity index (χ4v) is 3.05. The van der Waals surface area contributed by atoms with Crippen LogP contribution in [0.1, 0.15) is 22.8 Å². The SMILES string of the molecule is N#Cc1ccc(Oc2ccc(N=N)c(COB3OCC(c4ccccc4)O3)c2)cc1. The maximum atomic E-state index is 8.89. The number of ether oxygens (including phenoxy) is 1. The van der Waals surface area contributed by atoms with Crippen LogP contribution in [0.2, 0.25) is 0 Å². The zero-order valence-electron chi connectivity index (χ0n) is 16.0. The van der Waals surface area contributed by atoms with Crippen molar-refractivity contribution in [1.29, 1.82) is 10.8 Å². The Morgan fingerprint density at radius 3 is 2.57 bits per heavy atom. The summed E-state index contributed by atoms with van der Waals surface area (Å²) in [6.45, 7) is 0.556. The van der Waals surface area contributed by atoms with Gasteiger partial charge in [0.1, 0.15) is 11.5 Å². The Labute approximate surface area is 174 Å². The van der Waals surface area contributed by atoms with Gasteiger partial charge in [-0.1, -0.05) is 30.3 Å². The Balaban J connectivity index is 1.40. The molecule has 0 aliphatic carbocycles. The van der Waals surface area contributed by atoms with Crippen molar-refractivity contribution in [1.82, 2.24) is 0 Å². The fourth-order valence-electron chi connectivity index (χ4n) is 3.05. The van der Waals surface area contributed by atoms with Gasteiger partial charge in [-0.3, -0.25) is 0 Å². The zero-order chi connectivity index (χ0) is 20.8. The molecular formula is C22H18BN3O4. The van der Waals surface area contributed by atoms with Gasteiger partial charge in [0.2, 0.25) is 0 Å². The smallest absolute Gasteiger partial charge is 0.457 e. The van der Waals surface area contributed by atoms with E-state index in [1.807, 2.05) is 30.3 Å². The molecule has 1 atom stereocenters. The number of nitrogens with one attached hydrogen (secondary N) is 1. The summed E-state index contributed by atoms with van der Waals surface area (Å²) in [4.78, 5) is 0. The maximum Gasteiger partial charge on any atom is 0.640 e. The summed E-state index contributed by atoms with van der Waals surface area (Å²) in [7, 11) is -0.795. The van der Waals surface area contributed by atoms with Crippen LogP contribution < -0.4 is 4.74 Å². The van der Waals surface area contributed by atoms with Gasteiger partial charge in [-0.15, -0.1) is 0 Å². The maximum absolute atomic E-state index is 8.89. The van der Waals surface area contributed by atoms with Gasteiger partial charge in [-0.2, -0.15) is 10.4 Å². The zero-order valence-corrected chi connectivity index (χ0v) is 16.0. The van der Waals surface area contributed by atoms with Crippen molar-refractivity contribution in [3.8, 4) is 17.6 Å². The van der Waals surface area contributed by atoms with Crippen LogP contribution in [0.3, 0.4) is 0 Å². The molecule has 1 heterocycles. The molecule has 1 N–H and O–H groups in total. The Hall–Kier alpha value is -3.51. The molecule has 1 aliphatic heterocycles. The van der Waals surface area contributed by atoms with E-state index in [9.17, 15) is 0 Å². The van der Waals surface area contributed by atoms with Crippen molar-refractivity contribution in [3.05, 3.63) is 89.5 Å². The molecule has 148 valence electrons. The van der Waals surface area contributed by atoms with Crippen LogP contribution in [0.25, 0.3) is 0 Å². The van der Waals surface area contributed by atoms with E-state index >= 15 is 0 Å². The number of hydrogen-bond acceptors (Lipinski definition) is 7. The van der Waals surface area contributed by atoms with E-state index in [0.29, 0.717) is 34.9 Å². The monoisotopic (exact) mass is 399 g/mol. The van der Waals surface area contributed by atoms with Gasteiger partial charge in [-0.05, 0) is 48.0 Å². The number of rotatable bonds is 7. The summed E-state index contributed by atoms with van der Waals surface area (Å²) >= 11 is 0. The van der Waals surface area contributed by atoms with Crippen molar-refractivity contribution in [3.63, 3.8) is 0 Å². The highest BCUT2D eigenvalue weighted by molar-refractivity contribution is 6.37. The van der Waals surface area contributed by atoms with Crippen molar-refractivity contribution in [2.45, 2.75) is 12.7 Å². The lowest BCUT2D eigenvalue weighted by molar-refractivity contribution is 0.153. The molecule has 7 nitrogen and oxygen atoms in total. The topological polar surface area (TPSA) is 96.9 Å². The third-order valence-electron chi connectivity index (χ3n) is 4.60. The summed E-state index contributed by atoms with van der Waals surface area (Å²) in [5.41, 5.74) is 10.1. The molecule has 1 unspecified atom stereocenters. The van der Waals surface area contributed by atoms with Gasteiger partial charge in [0.15, 0.2) is 0 Å². The van der Waals surface area contributed by atoms with E-state index in [2.05, 4.69) is 11.2 Å². The highest BCUT2D eigenvalue weighted by atomic mass is 16.8. The standard InChI is InChI=1S/C22H18BN3O4/c24-13-16-6-8-19(9-7-16)29-20-10-11-21(26-25)18(12-20)14-27-23-28-15-22(30-23)17-4-2-1-3-5-17/h1-12,22,25H,14-15H2. The van der Waals surface area contributed by atoms with E-state index in [1.54, 1.807) is 42.5 Å². The lowest BCUT2D eigenvalue weighted by atomic mass is 10.1. The van der Waals surface area contributed by atoms with Crippen LogP contribution in [-0.2, 0) is 20.6 Å². The molecule has 0 radical (unpaired) electrons. The first kappa shape index (κ1) is 19.8. The van der Waals surface area contributed by atoms with Crippen LogP contribution in [0.4, 0.5) is 5.69 Å². The van der Waals surface area contributed by atoms with Gasteiger partial charge in [0.05, 0.1) is 36.6 Å². The van der Waals surface area contributed by atoms with Crippen molar-refractivity contribution < 1.29 is 18.7 Å². The van der Waals surface area contributed by atoms with Crippen LogP contribution in [0.15, 0.2) is 77.9 Å². The molecule has 4 rings (SSSR count). The normalized spacial score (nSPS) is 15.6. The first-order valence-corrected chi connectivity index (χ1v) is 9.37. The molecule has 0 saturated carbocycles. The first-order chi connectivity index (χ1) is 14.7. The molecular weight excluding hydrogens is 381 g/mol. The average Bonchev–Trinajstić information content (AvgIpc) is 3.28. The molecule has 8 heteroatoms. The van der Waals surface area contributed by atoms with Gasteiger partial charge < -0.3 is 18.7 Å². The Bertz CT molecular complexity index is 1050. The molecule has 1 aliphatic rings. The van der Waals surface area contributed by atoms with Gasteiger partial charge in [-0.25, -0.2) is 5.53 Å². The molecule has 30 heavy (non-hydrogen) atoms. The minimum Gasteiger partial charge on any atom is -0.457 e. The molecule has 0 aromatic heterocycles. The predicted octanol–water partition coefficient (Wildman–Crippen LogP) is 5.30. The molecule has 0 bridgehead atoms. The van der Waals surface area contributed by atoms with Gasteiger partial charge >= 0.3 is 7.32 Å². The minimum atomic E-state index is -0.795. The van der Waals surface area contributed by atoms with Crippen molar-refractivity contribution >= 4 is 13.0 Å². The van der Waals surface area contributed by atoms with Crippen LogP contribution in [0, 0.1) is 16.9 Å².